The van der Waals surface area contributed by atoms with Crippen LogP contribution < -0.4 is 10.1 Å². The summed E-state index contributed by atoms with van der Waals surface area (Å²) in [7, 11) is 0. The maximum atomic E-state index is 12.2. The molecule has 0 aromatic heterocycles. The van der Waals surface area contributed by atoms with Crippen molar-refractivity contribution in [2.24, 2.45) is 0 Å². The summed E-state index contributed by atoms with van der Waals surface area (Å²) < 4.78 is 10.5. The van der Waals surface area contributed by atoms with Crippen LogP contribution in [-0.4, -0.2) is 24.6 Å². The van der Waals surface area contributed by atoms with E-state index in [1.807, 2.05) is 0 Å². The number of carbonyl (C=O) groups excluding carboxylic acids is 2. The summed E-state index contributed by atoms with van der Waals surface area (Å²) in [6.07, 6.45) is -0.775. The van der Waals surface area contributed by atoms with Gasteiger partial charge in [-0.1, -0.05) is 35.3 Å². The van der Waals surface area contributed by atoms with E-state index in [0.29, 0.717) is 16.5 Å². The smallest absolute Gasteiger partial charge is 0.339 e. The van der Waals surface area contributed by atoms with Crippen LogP contribution in [0.5, 0.6) is 5.75 Å². The van der Waals surface area contributed by atoms with Crippen LogP contribution in [0.25, 0.3) is 0 Å². The molecule has 1 N–H and O–H groups in total. The Morgan fingerprint density at radius 3 is 2.48 bits per heavy atom. The molecule has 1 atom stereocenters. The van der Waals surface area contributed by atoms with Gasteiger partial charge >= 0.3 is 5.97 Å². The molecule has 2 rings (SSSR count). The number of para-hydroxylation sites is 1. The SMILES string of the molecule is CCOC(=O)c1ccc(NC(=O)[C@H](C)Oc2ccccc2Cl)cc1Cl. The number of halogens is 2. The van der Waals surface area contributed by atoms with Crippen LogP contribution in [-0.2, 0) is 9.53 Å². The first-order valence-electron chi connectivity index (χ1n) is 7.61. The quantitative estimate of drug-likeness (QED) is 0.743. The number of hydrogen-bond acceptors (Lipinski definition) is 4. The van der Waals surface area contributed by atoms with Gasteiger partial charge in [0.2, 0.25) is 0 Å². The van der Waals surface area contributed by atoms with E-state index >= 15 is 0 Å². The maximum absolute atomic E-state index is 12.2. The second kappa shape index (κ2) is 8.74. The van der Waals surface area contributed by atoms with Gasteiger partial charge in [0, 0.05) is 5.69 Å². The third kappa shape index (κ3) is 5.11. The molecule has 0 bridgehead atoms. The van der Waals surface area contributed by atoms with Gasteiger partial charge < -0.3 is 14.8 Å². The Bertz CT molecular complexity index is 779. The summed E-state index contributed by atoms with van der Waals surface area (Å²) in [6, 6.07) is 11.4. The Kier molecular flexibility index (Phi) is 6.67. The molecule has 1 amide bonds. The van der Waals surface area contributed by atoms with Gasteiger partial charge in [0.1, 0.15) is 5.75 Å². The van der Waals surface area contributed by atoms with Gasteiger partial charge in [0.25, 0.3) is 5.91 Å². The third-order valence-corrected chi connectivity index (χ3v) is 3.87. The molecular formula is C18H17Cl2NO4. The van der Waals surface area contributed by atoms with Crippen molar-refractivity contribution in [3.63, 3.8) is 0 Å². The Morgan fingerprint density at radius 1 is 1.12 bits per heavy atom. The Balaban J connectivity index is 2.03. The van der Waals surface area contributed by atoms with Crippen molar-refractivity contribution >= 4 is 40.8 Å². The van der Waals surface area contributed by atoms with Crippen LogP contribution in [0.15, 0.2) is 42.5 Å². The zero-order valence-electron chi connectivity index (χ0n) is 13.7. The molecule has 0 spiro atoms. The first-order valence-corrected chi connectivity index (χ1v) is 8.36. The van der Waals surface area contributed by atoms with Crippen LogP contribution in [0.4, 0.5) is 5.69 Å². The van der Waals surface area contributed by atoms with Crippen LogP contribution in [0.2, 0.25) is 10.0 Å². The number of rotatable bonds is 6. The number of anilines is 1. The van der Waals surface area contributed by atoms with Crippen LogP contribution in [0.3, 0.4) is 0 Å². The molecule has 0 aliphatic carbocycles. The minimum absolute atomic E-state index is 0.191. The number of esters is 1. The lowest BCUT2D eigenvalue weighted by molar-refractivity contribution is -0.122. The second-order valence-electron chi connectivity index (χ2n) is 5.09. The van der Waals surface area contributed by atoms with E-state index in [4.69, 9.17) is 32.7 Å². The van der Waals surface area contributed by atoms with Crippen molar-refractivity contribution in [2.75, 3.05) is 11.9 Å². The minimum Gasteiger partial charge on any atom is -0.479 e. The fourth-order valence-corrected chi connectivity index (χ4v) is 2.43. The first-order chi connectivity index (χ1) is 11.9. The van der Waals surface area contributed by atoms with E-state index in [-0.39, 0.29) is 23.1 Å². The number of benzene rings is 2. The van der Waals surface area contributed by atoms with Crippen molar-refractivity contribution < 1.29 is 19.1 Å². The van der Waals surface area contributed by atoms with E-state index in [1.54, 1.807) is 44.2 Å². The van der Waals surface area contributed by atoms with Crippen LogP contribution in [0.1, 0.15) is 24.2 Å². The van der Waals surface area contributed by atoms with Crippen molar-refractivity contribution in [3.8, 4) is 5.75 Å². The van der Waals surface area contributed by atoms with Gasteiger partial charge in [-0.2, -0.15) is 0 Å². The highest BCUT2D eigenvalue weighted by molar-refractivity contribution is 6.34. The van der Waals surface area contributed by atoms with E-state index in [2.05, 4.69) is 5.32 Å². The molecule has 0 aliphatic heterocycles. The summed E-state index contributed by atoms with van der Waals surface area (Å²) >= 11 is 12.1. The highest BCUT2D eigenvalue weighted by Gasteiger charge is 2.17. The monoisotopic (exact) mass is 381 g/mol. The summed E-state index contributed by atoms with van der Waals surface area (Å²) in [5, 5.41) is 3.29. The molecule has 25 heavy (non-hydrogen) atoms. The Labute approximate surface area is 155 Å². The number of hydrogen-bond donors (Lipinski definition) is 1. The van der Waals surface area contributed by atoms with Crippen molar-refractivity contribution in [1.29, 1.82) is 0 Å². The number of ether oxygens (including phenoxy) is 2. The normalized spacial score (nSPS) is 11.5. The minimum atomic E-state index is -0.775. The fourth-order valence-electron chi connectivity index (χ4n) is 2.00. The van der Waals surface area contributed by atoms with Crippen LogP contribution in [0, 0.1) is 0 Å². The molecule has 0 aliphatic rings. The largest absolute Gasteiger partial charge is 0.479 e. The third-order valence-electron chi connectivity index (χ3n) is 3.24. The summed E-state index contributed by atoms with van der Waals surface area (Å²) in [5.41, 5.74) is 0.680. The number of carbonyl (C=O) groups is 2. The molecule has 0 saturated carbocycles. The molecule has 2 aromatic carbocycles. The summed E-state index contributed by atoms with van der Waals surface area (Å²) in [5.74, 6) is -0.469. The highest BCUT2D eigenvalue weighted by atomic mass is 35.5. The van der Waals surface area contributed by atoms with E-state index < -0.39 is 12.1 Å². The van der Waals surface area contributed by atoms with Crippen molar-refractivity contribution in [3.05, 3.63) is 58.1 Å². The molecule has 0 fully saturated rings. The predicted molar refractivity (Wildman–Crippen MR) is 97.6 cm³/mol. The van der Waals surface area contributed by atoms with Gasteiger partial charge in [-0.25, -0.2) is 4.79 Å². The van der Waals surface area contributed by atoms with E-state index in [9.17, 15) is 9.59 Å². The average molecular weight is 382 g/mol. The average Bonchev–Trinajstić information content (AvgIpc) is 2.57. The number of nitrogens with one attached hydrogen (secondary N) is 1. The summed E-state index contributed by atoms with van der Waals surface area (Å²) in [4.78, 5) is 24.0. The zero-order chi connectivity index (χ0) is 18.4. The molecule has 2 aromatic rings. The van der Waals surface area contributed by atoms with E-state index in [1.165, 1.54) is 12.1 Å². The fraction of sp³-hybridized carbons (Fsp3) is 0.222. The maximum Gasteiger partial charge on any atom is 0.339 e. The van der Waals surface area contributed by atoms with Gasteiger partial charge in [0.05, 0.1) is 22.2 Å². The van der Waals surface area contributed by atoms with Gasteiger partial charge in [-0.3, -0.25) is 4.79 Å². The molecule has 7 heteroatoms. The van der Waals surface area contributed by atoms with Crippen LogP contribution >= 0.6 is 23.2 Å². The lowest BCUT2D eigenvalue weighted by Crippen LogP contribution is -2.30. The molecule has 132 valence electrons. The van der Waals surface area contributed by atoms with Gasteiger partial charge in [-0.15, -0.1) is 0 Å². The van der Waals surface area contributed by atoms with E-state index in [0.717, 1.165) is 0 Å². The lowest BCUT2D eigenvalue weighted by atomic mass is 10.2. The molecule has 0 heterocycles. The Morgan fingerprint density at radius 2 is 1.84 bits per heavy atom. The molecule has 0 saturated heterocycles. The number of amides is 1. The Hall–Kier alpha value is -2.24. The zero-order valence-corrected chi connectivity index (χ0v) is 15.2. The predicted octanol–water partition coefficient (Wildman–Crippen LogP) is 4.58. The molecular weight excluding hydrogens is 365 g/mol. The standard InChI is InChI=1S/C18H17Cl2NO4/c1-3-24-18(23)13-9-8-12(10-15(13)20)21-17(22)11(2)25-16-7-5-4-6-14(16)19/h4-11H,3H2,1-2H3,(H,21,22)/t11-/m0/s1. The summed E-state index contributed by atoms with van der Waals surface area (Å²) in [6.45, 7) is 3.57. The second-order valence-corrected chi connectivity index (χ2v) is 5.91. The highest BCUT2D eigenvalue weighted by Crippen LogP contribution is 2.25. The molecule has 0 radical (unpaired) electrons. The van der Waals surface area contributed by atoms with Gasteiger partial charge in [0.15, 0.2) is 6.10 Å². The van der Waals surface area contributed by atoms with Crippen molar-refractivity contribution in [2.45, 2.75) is 20.0 Å². The first kappa shape index (κ1) is 19.1. The van der Waals surface area contributed by atoms with Crippen molar-refractivity contribution in [1.82, 2.24) is 0 Å². The topological polar surface area (TPSA) is 64.6 Å². The van der Waals surface area contributed by atoms with Gasteiger partial charge in [-0.05, 0) is 44.2 Å². The lowest BCUT2D eigenvalue weighted by Gasteiger charge is -2.16. The molecule has 5 nitrogen and oxygen atoms in total. The molecule has 0 unspecified atom stereocenters.